The molecule has 0 radical (unpaired) electrons. The second-order valence-corrected chi connectivity index (χ2v) is 21.8. The molecule has 0 heterocycles. The summed E-state index contributed by atoms with van der Waals surface area (Å²) in [5.41, 5.74) is 0. The van der Waals surface area contributed by atoms with E-state index in [2.05, 4.69) is 19.2 Å². The average molecular weight is 902 g/mol. The predicted molar refractivity (Wildman–Crippen MR) is 268 cm³/mol. The van der Waals surface area contributed by atoms with Crippen molar-refractivity contribution in [3.05, 3.63) is 0 Å². The van der Waals surface area contributed by atoms with Crippen molar-refractivity contribution >= 4 is 13.7 Å². The molecule has 1 amide bonds. The zero-order valence-corrected chi connectivity index (χ0v) is 43.3. The smallest absolute Gasteiger partial charge is 0.391 e. The molecule has 0 aliphatic rings. The second kappa shape index (κ2) is 45.6. The van der Waals surface area contributed by atoms with E-state index in [1.807, 2.05) is 21.1 Å². The molecule has 8 nitrogen and oxygen atoms in total. The molecule has 0 aliphatic carbocycles. The van der Waals surface area contributed by atoms with Gasteiger partial charge in [-0.15, -0.1) is 0 Å². The Morgan fingerprint density at radius 3 is 1.08 bits per heavy atom. The van der Waals surface area contributed by atoms with Crippen LogP contribution >= 0.6 is 7.82 Å². The molecule has 0 spiro atoms. The Morgan fingerprint density at radius 1 is 0.484 bits per heavy atom. The molecular weight excluding hydrogens is 792 g/mol. The van der Waals surface area contributed by atoms with E-state index in [-0.39, 0.29) is 19.1 Å². The van der Waals surface area contributed by atoms with Gasteiger partial charge < -0.3 is 19.8 Å². The Morgan fingerprint density at radius 2 is 0.774 bits per heavy atom. The number of hydrogen-bond donors (Lipinski definition) is 3. The van der Waals surface area contributed by atoms with Gasteiger partial charge in [0, 0.05) is 6.42 Å². The van der Waals surface area contributed by atoms with E-state index in [9.17, 15) is 19.4 Å². The molecule has 0 saturated carbocycles. The number of rotatable bonds is 51. The number of nitrogens with one attached hydrogen (secondary N) is 1. The number of quaternary nitrogens is 1. The van der Waals surface area contributed by atoms with Crippen LogP contribution in [0.1, 0.15) is 284 Å². The van der Waals surface area contributed by atoms with Gasteiger partial charge >= 0.3 is 7.82 Å². The van der Waals surface area contributed by atoms with Gasteiger partial charge in [-0.2, -0.15) is 0 Å². The predicted octanol–water partition coefficient (Wildman–Crippen LogP) is 16.1. The lowest BCUT2D eigenvalue weighted by molar-refractivity contribution is -0.870. The van der Waals surface area contributed by atoms with Crippen LogP contribution in [0.3, 0.4) is 0 Å². The van der Waals surface area contributed by atoms with Crippen molar-refractivity contribution in [1.29, 1.82) is 0 Å². The molecule has 0 aliphatic heterocycles. The van der Waals surface area contributed by atoms with E-state index in [1.165, 1.54) is 218 Å². The summed E-state index contributed by atoms with van der Waals surface area (Å²) in [5.74, 6) is -0.137. The summed E-state index contributed by atoms with van der Waals surface area (Å²) in [5, 5.41) is 14.1. The van der Waals surface area contributed by atoms with Crippen LogP contribution in [0.25, 0.3) is 0 Å². The van der Waals surface area contributed by atoms with Gasteiger partial charge in [0.15, 0.2) is 0 Å². The molecular formula is C53H110N2O6P+. The first-order valence-corrected chi connectivity index (χ1v) is 28.9. The molecule has 3 N–H and O–H groups in total. The molecule has 0 aromatic heterocycles. The fourth-order valence-corrected chi connectivity index (χ4v) is 9.26. The van der Waals surface area contributed by atoms with E-state index >= 15 is 0 Å². The van der Waals surface area contributed by atoms with Crippen LogP contribution in [0.2, 0.25) is 0 Å². The zero-order valence-electron chi connectivity index (χ0n) is 42.4. The van der Waals surface area contributed by atoms with Crippen molar-refractivity contribution in [2.45, 2.75) is 296 Å². The fraction of sp³-hybridized carbons (Fsp3) is 0.981. The molecule has 0 rings (SSSR count). The maximum Gasteiger partial charge on any atom is 0.472 e. The first-order chi connectivity index (χ1) is 30.0. The molecule has 3 atom stereocenters. The van der Waals surface area contributed by atoms with E-state index in [0.717, 1.165) is 38.5 Å². The third-order valence-corrected chi connectivity index (χ3v) is 13.8. The topological polar surface area (TPSA) is 105 Å². The number of unbranched alkanes of at least 4 members (excludes halogenated alkanes) is 38. The highest BCUT2D eigenvalue weighted by molar-refractivity contribution is 7.47. The fourth-order valence-electron chi connectivity index (χ4n) is 8.52. The summed E-state index contributed by atoms with van der Waals surface area (Å²) >= 11 is 0. The Kier molecular flexibility index (Phi) is 45.3. The first kappa shape index (κ1) is 61.5. The molecule has 3 unspecified atom stereocenters. The zero-order chi connectivity index (χ0) is 45.7. The van der Waals surface area contributed by atoms with Gasteiger partial charge in [0.05, 0.1) is 39.9 Å². The summed E-state index contributed by atoms with van der Waals surface area (Å²) in [7, 11) is 1.63. The molecule has 62 heavy (non-hydrogen) atoms. The molecule has 9 heteroatoms. The van der Waals surface area contributed by atoms with Gasteiger partial charge in [0.2, 0.25) is 5.91 Å². The Hall–Kier alpha value is -0.500. The number of carbonyl (C=O) groups excluding carboxylic acids is 1. The van der Waals surface area contributed by atoms with Crippen LogP contribution in [0.5, 0.6) is 0 Å². The summed E-state index contributed by atoms with van der Waals surface area (Å²) in [6, 6.07) is -0.754. The Bertz CT molecular complexity index is 978. The van der Waals surface area contributed by atoms with Crippen molar-refractivity contribution in [3.63, 3.8) is 0 Å². The molecule has 0 aromatic rings. The van der Waals surface area contributed by atoms with Crippen LogP contribution in [-0.4, -0.2) is 73.4 Å². The number of amides is 1. The maximum absolute atomic E-state index is 13.0. The second-order valence-electron chi connectivity index (χ2n) is 20.3. The minimum Gasteiger partial charge on any atom is -0.391 e. The Balaban J connectivity index is 4.16. The lowest BCUT2D eigenvalue weighted by Crippen LogP contribution is -2.46. The highest BCUT2D eigenvalue weighted by Gasteiger charge is 2.28. The van der Waals surface area contributed by atoms with Crippen LogP contribution in [0.4, 0.5) is 0 Å². The quantitative estimate of drug-likeness (QED) is 0.0319. The van der Waals surface area contributed by atoms with Gasteiger partial charge in [0.25, 0.3) is 0 Å². The Labute approximate surface area is 387 Å². The van der Waals surface area contributed by atoms with Crippen LogP contribution in [0, 0.1) is 0 Å². The van der Waals surface area contributed by atoms with Gasteiger partial charge in [-0.3, -0.25) is 13.8 Å². The van der Waals surface area contributed by atoms with Crippen molar-refractivity contribution < 1.29 is 32.9 Å². The summed E-state index contributed by atoms with van der Waals surface area (Å²) < 4.78 is 23.8. The lowest BCUT2D eigenvalue weighted by atomic mass is 10.0. The van der Waals surface area contributed by atoms with E-state index in [0.29, 0.717) is 23.9 Å². The molecule has 372 valence electrons. The maximum atomic E-state index is 13.0. The van der Waals surface area contributed by atoms with Gasteiger partial charge in [-0.05, 0) is 12.8 Å². The monoisotopic (exact) mass is 902 g/mol. The standard InChI is InChI=1S/C53H109N2O6P/c1-6-8-10-12-14-16-18-20-22-24-26-27-28-29-31-33-35-37-39-41-43-45-47-53(57)54-51(50-61-62(58,59)60-49-48-55(3,4)5)52(56)46-44-42-40-38-36-34-32-30-25-23-21-19-17-15-13-11-9-7-2/h51-52,56H,6-50H2,1-5H3,(H-,54,57,58,59)/p+1. The number of hydrogen-bond acceptors (Lipinski definition) is 5. The number of phosphoric acid groups is 1. The molecule has 0 bridgehead atoms. The highest BCUT2D eigenvalue weighted by atomic mass is 31.2. The van der Waals surface area contributed by atoms with Crippen LogP contribution in [0.15, 0.2) is 0 Å². The normalized spacial score (nSPS) is 14.0. The van der Waals surface area contributed by atoms with E-state index in [4.69, 9.17) is 9.05 Å². The van der Waals surface area contributed by atoms with Crippen molar-refractivity contribution in [2.75, 3.05) is 40.9 Å². The van der Waals surface area contributed by atoms with Crippen molar-refractivity contribution in [1.82, 2.24) is 5.32 Å². The molecule has 0 aromatic carbocycles. The molecule has 0 fully saturated rings. The number of carbonyl (C=O) groups is 1. The average Bonchev–Trinajstić information content (AvgIpc) is 3.23. The third-order valence-electron chi connectivity index (χ3n) is 12.9. The van der Waals surface area contributed by atoms with Gasteiger partial charge in [-0.25, -0.2) is 4.57 Å². The summed E-state index contributed by atoms with van der Waals surface area (Å²) in [6.07, 6.45) is 52.9. The largest absolute Gasteiger partial charge is 0.472 e. The van der Waals surface area contributed by atoms with E-state index in [1.54, 1.807) is 0 Å². The van der Waals surface area contributed by atoms with Crippen LogP contribution in [-0.2, 0) is 18.4 Å². The minimum atomic E-state index is -4.31. The third kappa shape index (κ3) is 47.5. The first-order valence-electron chi connectivity index (χ1n) is 27.4. The van der Waals surface area contributed by atoms with Crippen LogP contribution < -0.4 is 5.32 Å². The number of aliphatic hydroxyl groups excluding tert-OH is 1. The highest BCUT2D eigenvalue weighted by Crippen LogP contribution is 2.43. The minimum absolute atomic E-state index is 0.0790. The van der Waals surface area contributed by atoms with Crippen molar-refractivity contribution in [2.24, 2.45) is 0 Å². The number of likely N-dealkylation sites (N-methyl/N-ethyl adjacent to an activating group) is 1. The van der Waals surface area contributed by atoms with Gasteiger partial charge in [-0.1, -0.05) is 264 Å². The summed E-state index contributed by atoms with van der Waals surface area (Å²) in [6.45, 7) is 4.94. The van der Waals surface area contributed by atoms with E-state index < -0.39 is 20.0 Å². The number of nitrogens with zero attached hydrogens (tertiary/aromatic N) is 1. The number of phosphoric ester groups is 1. The number of aliphatic hydroxyl groups is 1. The SMILES string of the molecule is CCCCCCCCCCCCCCCCCCCCCCCCC(=O)NC(COP(=O)(O)OCC[N+](C)(C)C)C(O)CCCCCCCCCCCCCCCCCCCC. The van der Waals surface area contributed by atoms with Gasteiger partial charge in [0.1, 0.15) is 13.2 Å². The lowest BCUT2D eigenvalue weighted by Gasteiger charge is -2.26. The summed E-state index contributed by atoms with van der Waals surface area (Å²) in [4.78, 5) is 23.3. The van der Waals surface area contributed by atoms with Crippen molar-refractivity contribution in [3.8, 4) is 0 Å². The molecule has 0 saturated heterocycles.